The third-order valence-corrected chi connectivity index (χ3v) is 3.06. The molecule has 0 aliphatic carbocycles. The number of ether oxygens (including phenoxy) is 1. The summed E-state index contributed by atoms with van der Waals surface area (Å²) in [5, 5.41) is 0.534. The quantitative estimate of drug-likeness (QED) is 0.735. The van der Waals surface area contributed by atoms with Gasteiger partial charge in [-0.1, -0.05) is 27.5 Å². The summed E-state index contributed by atoms with van der Waals surface area (Å²) < 4.78 is 6.65. The summed E-state index contributed by atoms with van der Waals surface area (Å²) >= 11 is 15.1. The van der Waals surface area contributed by atoms with Crippen LogP contribution in [0.4, 0.5) is 0 Å². The van der Waals surface area contributed by atoms with Crippen LogP contribution in [-0.2, 0) is 5.88 Å². The number of aromatic nitrogens is 1. The van der Waals surface area contributed by atoms with Crippen molar-refractivity contribution in [1.82, 2.24) is 4.98 Å². The molecule has 0 saturated carbocycles. The van der Waals surface area contributed by atoms with E-state index < -0.39 is 0 Å². The van der Waals surface area contributed by atoms with E-state index in [-0.39, 0.29) is 0 Å². The van der Waals surface area contributed by atoms with Gasteiger partial charge in [0.15, 0.2) is 0 Å². The van der Waals surface area contributed by atoms with Crippen LogP contribution < -0.4 is 4.74 Å². The van der Waals surface area contributed by atoms with Crippen LogP contribution in [0, 0.1) is 0 Å². The number of pyridine rings is 1. The van der Waals surface area contributed by atoms with Crippen LogP contribution in [0.2, 0.25) is 5.02 Å². The highest BCUT2D eigenvalue weighted by Gasteiger charge is 2.05. The Kier molecular flexibility index (Phi) is 4.26. The highest BCUT2D eigenvalue weighted by atomic mass is 79.9. The lowest BCUT2D eigenvalue weighted by Gasteiger charge is -2.09. The Balaban J connectivity index is 2.29. The van der Waals surface area contributed by atoms with Gasteiger partial charge in [0.2, 0.25) is 0 Å². The van der Waals surface area contributed by atoms with Crippen LogP contribution in [0.25, 0.3) is 0 Å². The molecule has 0 amide bonds. The monoisotopic (exact) mass is 331 g/mol. The third kappa shape index (κ3) is 3.35. The van der Waals surface area contributed by atoms with Crippen molar-refractivity contribution in [3.8, 4) is 11.5 Å². The zero-order valence-electron chi connectivity index (χ0n) is 8.66. The zero-order valence-corrected chi connectivity index (χ0v) is 11.8. The largest absolute Gasteiger partial charge is 0.455 e. The lowest BCUT2D eigenvalue weighted by atomic mass is 10.2. The molecule has 2 rings (SSSR count). The number of benzene rings is 1. The van der Waals surface area contributed by atoms with Crippen molar-refractivity contribution >= 4 is 39.1 Å². The van der Waals surface area contributed by atoms with Crippen LogP contribution in [0.1, 0.15) is 5.56 Å². The van der Waals surface area contributed by atoms with Crippen molar-refractivity contribution in [2.45, 2.75) is 5.88 Å². The maximum absolute atomic E-state index is 5.86. The van der Waals surface area contributed by atoms with Gasteiger partial charge in [0.05, 0.1) is 17.1 Å². The molecule has 5 heteroatoms. The van der Waals surface area contributed by atoms with Gasteiger partial charge in [-0.2, -0.15) is 0 Å². The highest BCUT2D eigenvalue weighted by molar-refractivity contribution is 9.10. The van der Waals surface area contributed by atoms with Gasteiger partial charge in [-0.15, -0.1) is 11.6 Å². The van der Waals surface area contributed by atoms with Gasteiger partial charge in [-0.25, -0.2) is 0 Å². The molecule has 1 aromatic heterocycles. The summed E-state index contributed by atoms with van der Waals surface area (Å²) in [6.07, 6.45) is 3.16. The van der Waals surface area contributed by atoms with Gasteiger partial charge in [0.25, 0.3) is 0 Å². The molecule has 0 N–H and O–H groups in total. The van der Waals surface area contributed by atoms with Crippen molar-refractivity contribution in [3.63, 3.8) is 0 Å². The summed E-state index contributed by atoms with van der Waals surface area (Å²) in [6.45, 7) is 0. The second kappa shape index (κ2) is 5.71. The van der Waals surface area contributed by atoms with Gasteiger partial charge in [-0.05, 0) is 18.2 Å². The molecule has 0 radical (unpaired) electrons. The average molecular weight is 333 g/mol. The molecule has 2 nitrogen and oxygen atoms in total. The van der Waals surface area contributed by atoms with Crippen molar-refractivity contribution in [3.05, 3.63) is 51.7 Å². The Labute approximate surface area is 118 Å². The molecule has 17 heavy (non-hydrogen) atoms. The maximum atomic E-state index is 5.86. The zero-order chi connectivity index (χ0) is 12.3. The fourth-order valence-corrected chi connectivity index (χ4v) is 2.11. The van der Waals surface area contributed by atoms with Crippen LogP contribution in [-0.4, -0.2) is 4.98 Å². The van der Waals surface area contributed by atoms with E-state index in [1.165, 1.54) is 0 Å². The minimum atomic E-state index is 0.378. The number of halogens is 3. The van der Waals surface area contributed by atoms with E-state index in [1.54, 1.807) is 18.5 Å². The van der Waals surface area contributed by atoms with E-state index >= 15 is 0 Å². The predicted molar refractivity (Wildman–Crippen MR) is 73.0 cm³/mol. The smallest absolute Gasteiger partial charge is 0.147 e. The van der Waals surface area contributed by atoms with Gasteiger partial charge < -0.3 is 4.74 Å². The van der Waals surface area contributed by atoms with E-state index in [0.29, 0.717) is 22.4 Å². The van der Waals surface area contributed by atoms with E-state index in [9.17, 15) is 0 Å². The average Bonchev–Trinajstić information content (AvgIpc) is 2.31. The van der Waals surface area contributed by atoms with E-state index in [2.05, 4.69) is 20.9 Å². The number of nitrogens with zero attached hydrogens (tertiary/aromatic N) is 1. The number of alkyl halides is 1. The fraction of sp³-hybridized carbons (Fsp3) is 0.0833. The Morgan fingerprint density at radius 3 is 2.76 bits per heavy atom. The van der Waals surface area contributed by atoms with Crippen LogP contribution in [0.3, 0.4) is 0 Å². The van der Waals surface area contributed by atoms with Gasteiger partial charge in [-0.3, -0.25) is 4.98 Å². The Morgan fingerprint density at radius 2 is 2.06 bits per heavy atom. The molecular formula is C12H8BrCl2NO. The third-order valence-electron chi connectivity index (χ3n) is 2.07. The summed E-state index contributed by atoms with van der Waals surface area (Å²) in [7, 11) is 0. The van der Waals surface area contributed by atoms with Crippen molar-refractivity contribution < 1.29 is 4.74 Å². The first-order valence-corrected chi connectivity index (χ1v) is 6.52. The van der Waals surface area contributed by atoms with Crippen molar-refractivity contribution in [1.29, 1.82) is 0 Å². The standard InChI is InChI=1S/C12H8BrCl2NO/c13-9-1-2-12(8(3-9)5-14)17-11-4-10(15)6-16-7-11/h1-4,6-7H,5H2. The SMILES string of the molecule is ClCc1cc(Br)ccc1Oc1cncc(Cl)c1. The first-order valence-electron chi connectivity index (χ1n) is 4.82. The summed E-state index contributed by atoms with van der Waals surface area (Å²) in [5.41, 5.74) is 0.904. The number of rotatable bonds is 3. The first-order chi connectivity index (χ1) is 8.19. The molecule has 0 saturated heterocycles. The predicted octanol–water partition coefficient (Wildman–Crippen LogP) is 5.03. The van der Waals surface area contributed by atoms with Crippen LogP contribution in [0.15, 0.2) is 41.1 Å². The molecule has 88 valence electrons. The summed E-state index contributed by atoms with van der Waals surface area (Å²) in [5.74, 6) is 1.67. The molecule has 0 aliphatic heterocycles. The molecule has 0 fully saturated rings. The second-order valence-corrected chi connectivity index (χ2v) is 4.95. The van der Waals surface area contributed by atoms with Gasteiger partial charge in [0.1, 0.15) is 11.5 Å². The van der Waals surface area contributed by atoms with E-state index in [0.717, 1.165) is 10.0 Å². The number of hydrogen-bond donors (Lipinski definition) is 0. The molecule has 0 spiro atoms. The lowest BCUT2D eigenvalue weighted by Crippen LogP contribution is -1.90. The number of hydrogen-bond acceptors (Lipinski definition) is 2. The molecule has 0 atom stereocenters. The molecule has 0 bridgehead atoms. The van der Waals surface area contributed by atoms with Crippen LogP contribution in [0.5, 0.6) is 11.5 Å². The van der Waals surface area contributed by atoms with E-state index in [4.69, 9.17) is 27.9 Å². The van der Waals surface area contributed by atoms with Crippen molar-refractivity contribution in [2.24, 2.45) is 0 Å². The summed E-state index contributed by atoms with van der Waals surface area (Å²) in [4.78, 5) is 3.95. The minimum Gasteiger partial charge on any atom is -0.455 e. The Morgan fingerprint density at radius 1 is 1.24 bits per heavy atom. The normalized spacial score (nSPS) is 10.3. The van der Waals surface area contributed by atoms with Gasteiger partial charge >= 0.3 is 0 Å². The Bertz CT molecular complexity index is 534. The van der Waals surface area contributed by atoms with Gasteiger partial charge in [0, 0.05) is 22.3 Å². The molecule has 1 aromatic carbocycles. The first kappa shape index (κ1) is 12.7. The van der Waals surface area contributed by atoms with E-state index in [1.807, 2.05) is 18.2 Å². The molecule has 0 aliphatic rings. The molecular weight excluding hydrogens is 325 g/mol. The fourth-order valence-electron chi connectivity index (χ4n) is 1.33. The molecule has 2 aromatic rings. The topological polar surface area (TPSA) is 22.1 Å². The van der Waals surface area contributed by atoms with Crippen molar-refractivity contribution in [2.75, 3.05) is 0 Å². The minimum absolute atomic E-state index is 0.378. The maximum Gasteiger partial charge on any atom is 0.147 e. The second-order valence-electron chi connectivity index (χ2n) is 3.33. The molecule has 1 heterocycles. The lowest BCUT2D eigenvalue weighted by molar-refractivity contribution is 0.476. The van der Waals surface area contributed by atoms with Crippen LogP contribution >= 0.6 is 39.1 Å². The Hall–Kier alpha value is -0.770. The highest BCUT2D eigenvalue weighted by Crippen LogP contribution is 2.29. The summed E-state index contributed by atoms with van der Waals surface area (Å²) in [6, 6.07) is 7.36. The molecule has 0 unspecified atom stereocenters.